The minimum Gasteiger partial charge on any atom is -0.387 e. The van der Waals surface area contributed by atoms with E-state index in [1.807, 2.05) is 0 Å². The largest absolute Gasteiger partial charge is 0.387 e. The molecule has 4 N–H and O–H groups in total. The highest BCUT2D eigenvalue weighted by molar-refractivity contribution is 7.84. The maximum Gasteiger partial charge on any atom is 0.333 e. The molecule has 1 saturated heterocycles. The number of hydrogen-bond donors (Lipinski definition) is 3. The van der Waals surface area contributed by atoms with Crippen molar-refractivity contribution in [3.8, 4) is 11.8 Å². The lowest BCUT2D eigenvalue weighted by atomic mass is 10.1. The quantitative estimate of drug-likeness (QED) is 0.433. The molecule has 31 heavy (non-hydrogen) atoms. The van der Waals surface area contributed by atoms with Crippen molar-refractivity contribution in [3.63, 3.8) is 0 Å². The molecule has 1 aliphatic rings. The Labute approximate surface area is 175 Å². The Hall–Kier alpha value is -2.99. The van der Waals surface area contributed by atoms with Crippen LogP contribution in [0.1, 0.15) is 17.5 Å². The molecule has 3 heterocycles. The molecule has 1 aliphatic heterocycles. The molecule has 0 saturated carbocycles. The number of ether oxygens (including phenoxy) is 1. The first kappa shape index (κ1) is 21.2. The SMILES string of the molecule is NS(=O)(=O)OCC1OC(n2cnc3c(C#Cc4ccc(F)cc4)ncnc32)C(O)C1O. The van der Waals surface area contributed by atoms with Gasteiger partial charge in [-0.2, -0.15) is 8.42 Å². The Morgan fingerprint density at radius 3 is 2.61 bits per heavy atom. The summed E-state index contributed by atoms with van der Waals surface area (Å²) < 4.78 is 46.3. The van der Waals surface area contributed by atoms with Crippen molar-refractivity contribution in [3.05, 3.63) is 54.0 Å². The van der Waals surface area contributed by atoms with E-state index in [4.69, 9.17) is 9.88 Å². The lowest BCUT2D eigenvalue weighted by Crippen LogP contribution is -2.35. The minimum absolute atomic E-state index is 0.266. The fraction of sp³-hybridized carbons (Fsp3) is 0.278. The van der Waals surface area contributed by atoms with Crippen molar-refractivity contribution in [2.24, 2.45) is 5.14 Å². The first-order valence-corrected chi connectivity index (χ1v) is 10.3. The number of nitrogens with two attached hydrogens (primary N) is 1. The maximum absolute atomic E-state index is 13.0. The first-order chi connectivity index (χ1) is 14.7. The fourth-order valence-electron chi connectivity index (χ4n) is 3.05. The topological polar surface area (TPSA) is 163 Å². The third-order valence-electron chi connectivity index (χ3n) is 4.54. The van der Waals surface area contributed by atoms with E-state index in [-0.39, 0.29) is 17.2 Å². The van der Waals surface area contributed by atoms with E-state index >= 15 is 0 Å². The van der Waals surface area contributed by atoms with E-state index in [2.05, 4.69) is 31.0 Å². The van der Waals surface area contributed by atoms with Crippen molar-refractivity contribution in [2.75, 3.05) is 6.61 Å². The van der Waals surface area contributed by atoms with Crippen LogP contribution in [0.2, 0.25) is 0 Å². The van der Waals surface area contributed by atoms with Crippen molar-refractivity contribution < 1.29 is 31.9 Å². The average molecular weight is 449 g/mol. The lowest BCUT2D eigenvalue weighted by molar-refractivity contribution is -0.0467. The van der Waals surface area contributed by atoms with Crippen molar-refractivity contribution in [1.82, 2.24) is 19.5 Å². The van der Waals surface area contributed by atoms with E-state index in [1.54, 1.807) is 0 Å². The fourth-order valence-corrected chi connectivity index (χ4v) is 3.38. The predicted octanol–water partition coefficient (Wildman–Crippen LogP) is -0.796. The molecule has 0 amide bonds. The van der Waals surface area contributed by atoms with Crippen LogP contribution in [0.4, 0.5) is 4.39 Å². The molecule has 4 atom stereocenters. The second-order valence-corrected chi connectivity index (χ2v) is 7.85. The summed E-state index contributed by atoms with van der Waals surface area (Å²) in [5.74, 6) is 5.31. The third kappa shape index (κ3) is 4.54. The summed E-state index contributed by atoms with van der Waals surface area (Å²) in [5.41, 5.74) is 1.44. The molecule has 13 heteroatoms. The molecule has 0 bridgehead atoms. The number of rotatable bonds is 4. The summed E-state index contributed by atoms with van der Waals surface area (Å²) in [6.45, 7) is -0.580. The molecule has 1 aromatic carbocycles. The van der Waals surface area contributed by atoms with Crippen LogP contribution >= 0.6 is 0 Å². The zero-order valence-corrected chi connectivity index (χ0v) is 16.5. The standard InChI is InChI=1S/C18H16FN5O6S/c19-11-4-1-10(2-5-11)3-6-12-14-17(22-8-21-12)24(9-23-14)18-16(26)15(25)13(30-18)7-29-31(20,27)28/h1-2,4-5,8-9,13,15-16,18,25-26H,7H2,(H2,20,27,28). The van der Waals surface area contributed by atoms with Crippen LogP contribution in [0.5, 0.6) is 0 Å². The van der Waals surface area contributed by atoms with E-state index < -0.39 is 41.5 Å². The molecule has 4 rings (SSSR count). The van der Waals surface area contributed by atoms with Crippen LogP contribution in [0.25, 0.3) is 11.2 Å². The Balaban J connectivity index is 1.61. The molecule has 0 aliphatic carbocycles. The van der Waals surface area contributed by atoms with Gasteiger partial charge in [0.1, 0.15) is 41.7 Å². The van der Waals surface area contributed by atoms with Gasteiger partial charge in [0, 0.05) is 5.56 Å². The molecule has 0 spiro atoms. The molecule has 3 aromatic rings. The second kappa shape index (κ2) is 8.27. The van der Waals surface area contributed by atoms with Gasteiger partial charge in [-0.15, -0.1) is 0 Å². The lowest BCUT2D eigenvalue weighted by Gasteiger charge is -2.16. The Morgan fingerprint density at radius 2 is 1.90 bits per heavy atom. The molecular weight excluding hydrogens is 433 g/mol. The zero-order chi connectivity index (χ0) is 22.2. The van der Waals surface area contributed by atoms with Crippen molar-refractivity contribution >= 4 is 21.5 Å². The highest BCUT2D eigenvalue weighted by atomic mass is 32.2. The van der Waals surface area contributed by atoms with Gasteiger partial charge in [0.15, 0.2) is 11.9 Å². The van der Waals surface area contributed by atoms with E-state index in [0.29, 0.717) is 11.1 Å². The molecule has 2 aromatic heterocycles. The summed E-state index contributed by atoms with van der Waals surface area (Å²) in [6.07, 6.45) is -2.57. The van der Waals surface area contributed by atoms with Crippen LogP contribution in [-0.2, 0) is 19.2 Å². The summed E-state index contributed by atoms with van der Waals surface area (Å²) >= 11 is 0. The van der Waals surface area contributed by atoms with Gasteiger partial charge in [-0.1, -0.05) is 5.92 Å². The molecular formula is C18H16FN5O6S. The summed E-state index contributed by atoms with van der Waals surface area (Å²) in [5, 5.41) is 25.3. The van der Waals surface area contributed by atoms with Gasteiger partial charge in [0.2, 0.25) is 0 Å². The van der Waals surface area contributed by atoms with E-state index in [9.17, 15) is 23.0 Å². The normalized spacial score (nSPS) is 23.6. The Morgan fingerprint density at radius 1 is 1.16 bits per heavy atom. The van der Waals surface area contributed by atoms with Crippen LogP contribution in [0, 0.1) is 17.7 Å². The molecule has 11 nitrogen and oxygen atoms in total. The van der Waals surface area contributed by atoms with Gasteiger partial charge >= 0.3 is 10.3 Å². The number of aliphatic hydroxyl groups excluding tert-OH is 2. The molecule has 0 radical (unpaired) electrons. The second-order valence-electron chi connectivity index (χ2n) is 6.63. The number of nitrogens with zero attached hydrogens (tertiary/aromatic N) is 4. The van der Waals surface area contributed by atoms with Crippen LogP contribution in [0.3, 0.4) is 0 Å². The summed E-state index contributed by atoms with van der Waals surface area (Å²) in [6, 6.07) is 5.61. The predicted molar refractivity (Wildman–Crippen MR) is 103 cm³/mol. The van der Waals surface area contributed by atoms with Gasteiger partial charge in [-0.25, -0.2) is 24.5 Å². The third-order valence-corrected chi connectivity index (χ3v) is 5.00. The monoisotopic (exact) mass is 449 g/mol. The maximum atomic E-state index is 13.0. The number of aliphatic hydroxyl groups is 2. The average Bonchev–Trinajstić information content (AvgIpc) is 3.27. The van der Waals surface area contributed by atoms with E-state index in [1.165, 1.54) is 41.5 Å². The molecule has 4 unspecified atom stereocenters. The van der Waals surface area contributed by atoms with E-state index in [0.717, 1.165) is 0 Å². The highest BCUT2D eigenvalue weighted by Gasteiger charge is 2.44. The van der Waals surface area contributed by atoms with Crippen molar-refractivity contribution in [1.29, 1.82) is 0 Å². The number of benzene rings is 1. The van der Waals surface area contributed by atoms with Gasteiger partial charge in [0.05, 0.1) is 12.9 Å². The van der Waals surface area contributed by atoms with Gasteiger partial charge in [-0.05, 0) is 30.2 Å². The first-order valence-electron chi connectivity index (χ1n) is 8.87. The smallest absolute Gasteiger partial charge is 0.333 e. The Bertz CT molecular complexity index is 1270. The number of fused-ring (bicyclic) bond motifs is 1. The van der Waals surface area contributed by atoms with Crippen LogP contribution in [0.15, 0.2) is 36.9 Å². The summed E-state index contributed by atoms with van der Waals surface area (Å²) in [7, 11) is -4.24. The van der Waals surface area contributed by atoms with Gasteiger partial charge in [-0.3, -0.25) is 8.75 Å². The van der Waals surface area contributed by atoms with Crippen LogP contribution in [-0.4, -0.2) is 63.1 Å². The van der Waals surface area contributed by atoms with Crippen LogP contribution < -0.4 is 5.14 Å². The Kier molecular flexibility index (Phi) is 5.67. The zero-order valence-electron chi connectivity index (χ0n) is 15.7. The van der Waals surface area contributed by atoms with Crippen molar-refractivity contribution in [2.45, 2.75) is 24.5 Å². The number of halogens is 1. The highest BCUT2D eigenvalue weighted by Crippen LogP contribution is 2.31. The van der Waals surface area contributed by atoms with Gasteiger partial charge < -0.3 is 14.9 Å². The minimum atomic E-state index is -4.24. The number of aromatic nitrogens is 4. The number of imidazole rings is 1. The number of hydrogen-bond acceptors (Lipinski definition) is 9. The van der Waals surface area contributed by atoms with Gasteiger partial charge in [0.25, 0.3) is 0 Å². The summed E-state index contributed by atoms with van der Waals surface area (Å²) in [4.78, 5) is 12.4. The molecule has 1 fully saturated rings. The molecule has 162 valence electrons.